The molecule has 4 heteroatoms. The first kappa shape index (κ1) is 13.7. The normalized spacial score (nSPS) is 10.8. The van der Waals surface area contributed by atoms with Gasteiger partial charge >= 0.3 is 0 Å². The average Bonchev–Trinajstić information content (AvgIpc) is 2.79. The Hall–Kier alpha value is -2.26. The van der Waals surface area contributed by atoms with Gasteiger partial charge in [-0.1, -0.05) is 60.1 Å². The molecule has 0 saturated carbocycles. The minimum absolute atomic E-state index is 0.131. The molecule has 0 aliphatic rings. The van der Waals surface area contributed by atoms with Crippen molar-refractivity contribution in [3.05, 3.63) is 81.1 Å². The van der Waals surface area contributed by atoms with Crippen LogP contribution in [0.15, 0.2) is 63.9 Å². The summed E-state index contributed by atoms with van der Waals surface area (Å²) in [6.45, 7) is 2.10. The van der Waals surface area contributed by atoms with Crippen molar-refractivity contribution in [3.8, 4) is 11.3 Å². The molecule has 0 fully saturated rings. The SMILES string of the molecule is Cc1c(-c2ccccc2)on(Cc2ccccc2Cl)c1=O. The van der Waals surface area contributed by atoms with E-state index in [1.807, 2.05) is 48.5 Å². The van der Waals surface area contributed by atoms with Crippen LogP contribution in [-0.2, 0) is 6.54 Å². The van der Waals surface area contributed by atoms with E-state index in [0.29, 0.717) is 22.9 Å². The number of hydrogen-bond donors (Lipinski definition) is 0. The lowest BCUT2D eigenvalue weighted by molar-refractivity contribution is 0.286. The van der Waals surface area contributed by atoms with Gasteiger partial charge < -0.3 is 4.52 Å². The van der Waals surface area contributed by atoms with Gasteiger partial charge in [0.25, 0.3) is 5.56 Å². The Kier molecular flexibility index (Phi) is 3.67. The number of benzene rings is 2. The second-order valence-corrected chi connectivity index (χ2v) is 5.25. The molecule has 0 bridgehead atoms. The lowest BCUT2D eigenvalue weighted by atomic mass is 10.1. The molecular weight excluding hydrogens is 286 g/mol. The summed E-state index contributed by atoms with van der Waals surface area (Å²) in [6.07, 6.45) is 0. The Morgan fingerprint density at radius 2 is 1.71 bits per heavy atom. The van der Waals surface area contributed by atoms with Crippen molar-refractivity contribution in [1.82, 2.24) is 4.74 Å². The molecule has 3 aromatic rings. The quantitative estimate of drug-likeness (QED) is 0.729. The maximum absolute atomic E-state index is 12.3. The Bertz CT molecular complexity index is 818. The van der Waals surface area contributed by atoms with Crippen molar-refractivity contribution < 1.29 is 4.52 Å². The first-order valence-electron chi connectivity index (χ1n) is 6.66. The Morgan fingerprint density at radius 3 is 2.43 bits per heavy atom. The first-order chi connectivity index (χ1) is 10.2. The zero-order valence-electron chi connectivity index (χ0n) is 11.5. The summed E-state index contributed by atoms with van der Waals surface area (Å²) in [7, 11) is 0. The standard InChI is InChI=1S/C17H14ClNO2/c1-12-16(13-7-3-2-4-8-13)21-19(17(12)20)11-14-9-5-6-10-15(14)18/h2-10H,11H2,1H3. The second-order valence-electron chi connectivity index (χ2n) is 4.84. The minimum Gasteiger partial charge on any atom is -0.375 e. The molecule has 0 atom stereocenters. The maximum atomic E-state index is 12.3. The van der Waals surface area contributed by atoms with E-state index >= 15 is 0 Å². The predicted molar refractivity (Wildman–Crippen MR) is 83.7 cm³/mol. The van der Waals surface area contributed by atoms with Crippen molar-refractivity contribution in [2.24, 2.45) is 0 Å². The molecule has 0 amide bonds. The van der Waals surface area contributed by atoms with Gasteiger partial charge in [-0.3, -0.25) is 4.79 Å². The summed E-state index contributed by atoms with van der Waals surface area (Å²) in [5.41, 5.74) is 2.22. The van der Waals surface area contributed by atoms with Gasteiger partial charge in [-0.2, -0.15) is 4.74 Å². The molecule has 1 heterocycles. The predicted octanol–water partition coefficient (Wildman–Crippen LogP) is 4.12. The Balaban J connectivity index is 2.02. The van der Waals surface area contributed by atoms with Crippen molar-refractivity contribution in [3.63, 3.8) is 0 Å². The zero-order valence-corrected chi connectivity index (χ0v) is 12.3. The van der Waals surface area contributed by atoms with Crippen LogP contribution < -0.4 is 5.56 Å². The molecular formula is C17H14ClNO2. The molecule has 0 aliphatic carbocycles. The molecule has 1 aromatic heterocycles. The molecule has 106 valence electrons. The fourth-order valence-electron chi connectivity index (χ4n) is 2.25. The van der Waals surface area contributed by atoms with Crippen LogP contribution in [0.3, 0.4) is 0 Å². The molecule has 3 nitrogen and oxygen atoms in total. The van der Waals surface area contributed by atoms with Gasteiger partial charge in [0.05, 0.1) is 12.1 Å². The van der Waals surface area contributed by atoms with E-state index in [1.165, 1.54) is 4.74 Å². The molecule has 0 saturated heterocycles. The highest BCUT2D eigenvalue weighted by Crippen LogP contribution is 2.22. The maximum Gasteiger partial charge on any atom is 0.286 e. The van der Waals surface area contributed by atoms with Crippen molar-refractivity contribution in [2.45, 2.75) is 13.5 Å². The van der Waals surface area contributed by atoms with Crippen LogP contribution in [0.1, 0.15) is 11.1 Å². The third kappa shape index (κ3) is 2.65. The molecule has 3 rings (SSSR count). The van der Waals surface area contributed by atoms with E-state index in [2.05, 4.69) is 0 Å². The number of rotatable bonds is 3. The summed E-state index contributed by atoms with van der Waals surface area (Å²) in [6, 6.07) is 17.0. The van der Waals surface area contributed by atoms with Gasteiger partial charge in [-0.05, 0) is 18.6 Å². The van der Waals surface area contributed by atoms with Crippen LogP contribution in [0.25, 0.3) is 11.3 Å². The summed E-state index contributed by atoms with van der Waals surface area (Å²) in [5, 5.41) is 0.625. The number of halogens is 1. The first-order valence-corrected chi connectivity index (χ1v) is 7.04. The van der Waals surface area contributed by atoms with Crippen LogP contribution in [0, 0.1) is 6.92 Å². The van der Waals surface area contributed by atoms with Crippen LogP contribution in [-0.4, -0.2) is 4.74 Å². The van der Waals surface area contributed by atoms with Crippen molar-refractivity contribution in [2.75, 3.05) is 0 Å². The zero-order chi connectivity index (χ0) is 14.8. The molecule has 0 N–H and O–H groups in total. The highest BCUT2D eigenvalue weighted by atomic mass is 35.5. The minimum atomic E-state index is -0.131. The van der Waals surface area contributed by atoms with Crippen LogP contribution in [0.4, 0.5) is 0 Å². The van der Waals surface area contributed by atoms with Crippen molar-refractivity contribution >= 4 is 11.6 Å². The lowest BCUT2D eigenvalue weighted by Gasteiger charge is -2.03. The number of nitrogens with zero attached hydrogens (tertiary/aromatic N) is 1. The van der Waals surface area contributed by atoms with Gasteiger partial charge in [0.1, 0.15) is 0 Å². The van der Waals surface area contributed by atoms with E-state index in [1.54, 1.807) is 13.0 Å². The van der Waals surface area contributed by atoms with Crippen molar-refractivity contribution in [1.29, 1.82) is 0 Å². The van der Waals surface area contributed by atoms with E-state index in [4.69, 9.17) is 16.1 Å². The van der Waals surface area contributed by atoms with Crippen LogP contribution in [0.2, 0.25) is 5.02 Å². The highest BCUT2D eigenvalue weighted by molar-refractivity contribution is 6.31. The third-order valence-corrected chi connectivity index (χ3v) is 3.77. The summed E-state index contributed by atoms with van der Waals surface area (Å²) >= 11 is 6.13. The van der Waals surface area contributed by atoms with Gasteiger partial charge in [0.15, 0.2) is 5.76 Å². The van der Waals surface area contributed by atoms with E-state index in [-0.39, 0.29) is 5.56 Å². The monoisotopic (exact) mass is 299 g/mol. The van der Waals surface area contributed by atoms with E-state index in [0.717, 1.165) is 11.1 Å². The molecule has 0 spiro atoms. The summed E-state index contributed by atoms with van der Waals surface area (Å²) < 4.78 is 7.08. The summed E-state index contributed by atoms with van der Waals surface area (Å²) in [5.74, 6) is 0.604. The molecule has 2 aromatic carbocycles. The Labute approximate surface area is 127 Å². The molecule has 21 heavy (non-hydrogen) atoms. The number of hydrogen-bond acceptors (Lipinski definition) is 2. The topological polar surface area (TPSA) is 35.1 Å². The second kappa shape index (κ2) is 5.62. The van der Waals surface area contributed by atoms with E-state index < -0.39 is 0 Å². The van der Waals surface area contributed by atoms with Crippen LogP contribution in [0.5, 0.6) is 0 Å². The van der Waals surface area contributed by atoms with Gasteiger partial charge in [-0.25, -0.2) is 0 Å². The fourth-order valence-corrected chi connectivity index (χ4v) is 2.44. The third-order valence-electron chi connectivity index (χ3n) is 3.40. The smallest absolute Gasteiger partial charge is 0.286 e. The Morgan fingerprint density at radius 1 is 1.05 bits per heavy atom. The van der Waals surface area contributed by atoms with Gasteiger partial charge in [0.2, 0.25) is 0 Å². The summed E-state index contributed by atoms with van der Waals surface area (Å²) in [4.78, 5) is 12.3. The largest absolute Gasteiger partial charge is 0.375 e. The fraction of sp³-hybridized carbons (Fsp3) is 0.118. The number of aromatic nitrogens is 1. The van der Waals surface area contributed by atoms with Crippen LogP contribution >= 0.6 is 11.6 Å². The van der Waals surface area contributed by atoms with Gasteiger partial charge in [-0.15, -0.1) is 0 Å². The molecule has 0 radical (unpaired) electrons. The lowest BCUT2D eigenvalue weighted by Crippen LogP contribution is -2.16. The molecule has 0 unspecified atom stereocenters. The van der Waals surface area contributed by atoms with Gasteiger partial charge in [0, 0.05) is 10.6 Å². The molecule has 0 aliphatic heterocycles. The average molecular weight is 300 g/mol. The van der Waals surface area contributed by atoms with E-state index in [9.17, 15) is 4.79 Å². The highest BCUT2D eigenvalue weighted by Gasteiger charge is 2.15.